The van der Waals surface area contributed by atoms with Gasteiger partial charge in [0.1, 0.15) is 0 Å². The summed E-state index contributed by atoms with van der Waals surface area (Å²) in [5.41, 5.74) is 5.59. The molecule has 4 nitrogen and oxygen atoms in total. The van der Waals surface area contributed by atoms with Gasteiger partial charge in [0.15, 0.2) is 0 Å². The van der Waals surface area contributed by atoms with Crippen LogP contribution in [-0.2, 0) is 11.3 Å². The molecule has 0 fully saturated rings. The highest BCUT2D eigenvalue weighted by Gasteiger charge is 2.06. The average Bonchev–Trinajstić information content (AvgIpc) is 2.45. The number of carbonyl (C=O) groups is 1. The highest BCUT2D eigenvalue weighted by Crippen LogP contribution is 2.21. The fourth-order valence-corrected chi connectivity index (χ4v) is 2.39. The summed E-state index contributed by atoms with van der Waals surface area (Å²) in [6.45, 7) is 6.95. The molecule has 21 heavy (non-hydrogen) atoms. The first kappa shape index (κ1) is 15.0. The molecule has 1 aromatic heterocycles. The lowest BCUT2D eigenvalue weighted by molar-refractivity contribution is -0.119. The predicted octanol–water partition coefficient (Wildman–Crippen LogP) is 2.74. The molecule has 1 amide bonds. The van der Waals surface area contributed by atoms with E-state index in [9.17, 15) is 4.79 Å². The summed E-state index contributed by atoms with van der Waals surface area (Å²) in [5.74, 6) is -0.0294. The maximum Gasteiger partial charge on any atom is 0.239 e. The SMILES string of the molecule is Cc1cc(C)c(NCC(=O)NCc2cccnc2)c(C)c1. The van der Waals surface area contributed by atoms with Gasteiger partial charge in [0.25, 0.3) is 0 Å². The highest BCUT2D eigenvalue weighted by molar-refractivity contribution is 5.81. The maximum absolute atomic E-state index is 11.9. The summed E-state index contributed by atoms with van der Waals surface area (Å²) < 4.78 is 0. The van der Waals surface area contributed by atoms with Gasteiger partial charge in [0, 0.05) is 24.6 Å². The number of nitrogens with zero attached hydrogens (tertiary/aromatic N) is 1. The van der Waals surface area contributed by atoms with Crippen molar-refractivity contribution >= 4 is 11.6 Å². The van der Waals surface area contributed by atoms with Gasteiger partial charge in [-0.15, -0.1) is 0 Å². The molecule has 0 aliphatic heterocycles. The van der Waals surface area contributed by atoms with Gasteiger partial charge in [-0.05, 0) is 43.5 Å². The number of pyridine rings is 1. The standard InChI is InChI=1S/C17H21N3O/c1-12-7-13(2)17(14(3)8-12)20-11-16(21)19-10-15-5-4-6-18-9-15/h4-9,20H,10-11H2,1-3H3,(H,19,21). The molecule has 4 heteroatoms. The van der Waals surface area contributed by atoms with Crippen molar-refractivity contribution in [3.63, 3.8) is 0 Å². The molecule has 0 saturated carbocycles. The Balaban J connectivity index is 1.87. The van der Waals surface area contributed by atoms with Gasteiger partial charge in [0.05, 0.1) is 6.54 Å². The molecule has 0 spiro atoms. The lowest BCUT2D eigenvalue weighted by Gasteiger charge is -2.13. The second-order valence-corrected chi connectivity index (χ2v) is 5.27. The van der Waals surface area contributed by atoms with E-state index >= 15 is 0 Å². The Labute approximate surface area is 125 Å². The average molecular weight is 283 g/mol. The van der Waals surface area contributed by atoms with Crippen molar-refractivity contribution in [1.29, 1.82) is 0 Å². The highest BCUT2D eigenvalue weighted by atomic mass is 16.1. The lowest BCUT2D eigenvalue weighted by Crippen LogP contribution is -2.29. The van der Waals surface area contributed by atoms with Crippen molar-refractivity contribution in [2.45, 2.75) is 27.3 Å². The topological polar surface area (TPSA) is 54.0 Å². The predicted molar refractivity (Wildman–Crippen MR) is 85.2 cm³/mol. The van der Waals surface area contributed by atoms with Crippen molar-refractivity contribution in [1.82, 2.24) is 10.3 Å². The van der Waals surface area contributed by atoms with E-state index in [1.807, 2.05) is 12.1 Å². The summed E-state index contributed by atoms with van der Waals surface area (Å²) in [6.07, 6.45) is 3.47. The van der Waals surface area contributed by atoms with Gasteiger partial charge < -0.3 is 10.6 Å². The Bertz CT molecular complexity index is 600. The van der Waals surface area contributed by atoms with Crippen LogP contribution in [0.5, 0.6) is 0 Å². The van der Waals surface area contributed by atoms with E-state index in [0.29, 0.717) is 6.54 Å². The van der Waals surface area contributed by atoms with Crippen molar-refractivity contribution < 1.29 is 4.79 Å². The van der Waals surface area contributed by atoms with E-state index in [1.54, 1.807) is 12.4 Å². The maximum atomic E-state index is 11.9. The minimum absolute atomic E-state index is 0.0294. The van der Waals surface area contributed by atoms with E-state index in [4.69, 9.17) is 0 Å². The van der Waals surface area contributed by atoms with Crippen LogP contribution in [0.2, 0.25) is 0 Å². The molecule has 0 aliphatic carbocycles. The molecule has 0 unspecified atom stereocenters. The van der Waals surface area contributed by atoms with Crippen LogP contribution >= 0.6 is 0 Å². The normalized spacial score (nSPS) is 10.2. The van der Waals surface area contributed by atoms with Crippen molar-refractivity contribution in [3.8, 4) is 0 Å². The van der Waals surface area contributed by atoms with Crippen LogP contribution in [0, 0.1) is 20.8 Å². The fourth-order valence-electron chi connectivity index (χ4n) is 2.39. The number of hydrogen-bond donors (Lipinski definition) is 2. The second kappa shape index (κ2) is 6.88. The van der Waals surface area contributed by atoms with Crippen LogP contribution in [0.1, 0.15) is 22.3 Å². The number of aryl methyl sites for hydroxylation is 3. The number of rotatable bonds is 5. The number of amides is 1. The summed E-state index contributed by atoms with van der Waals surface area (Å²) in [5, 5.41) is 6.09. The Morgan fingerprint density at radius 2 is 1.90 bits per heavy atom. The summed E-state index contributed by atoms with van der Waals surface area (Å²) in [6, 6.07) is 8.03. The molecule has 2 N–H and O–H groups in total. The van der Waals surface area contributed by atoms with Gasteiger partial charge in [-0.2, -0.15) is 0 Å². The van der Waals surface area contributed by atoms with E-state index in [0.717, 1.165) is 22.4 Å². The van der Waals surface area contributed by atoms with Crippen molar-refractivity contribution in [2.24, 2.45) is 0 Å². The van der Waals surface area contributed by atoms with Crippen LogP contribution in [0.15, 0.2) is 36.7 Å². The molecule has 0 atom stereocenters. The first-order valence-electron chi connectivity index (χ1n) is 7.03. The lowest BCUT2D eigenvalue weighted by atomic mass is 10.1. The molecule has 0 bridgehead atoms. The van der Waals surface area contributed by atoms with Gasteiger partial charge in [0.2, 0.25) is 5.91 Å². The number of carbonyl (C=O) groups excluding carboxylic acids is 1. The summed E-state index contributed by atoms with van der Waals surface area (Å²) >= 11 is 0. The molecule has 110 valence electrons. The van der Waals surface area contributed by atoms with Crippen LogP contribution in [0.25, 0.3) is 0 Å². The Morgan fingerprint density at radius 1 is 1.19 bits per heavy atom. The van der Waals surface area contributed by atoms with E-state index < -0.39 is 0 Å². The zero-order chi connectivity index (χ0) is 15.2. The van der Waals surface area contributed by atoms with Gasteiger partial charge >= 0.3 is 0 Å². The van der Waals surface area contributed by atoms with E-state index in [2.05, 4.69) is 48.5 Å². The molecule has 2 aromatic rings. The first-order chi connectivity index (χ1) is 10.1. The van der Waals surface area contributed by atoms with Gasteiger partial charge in [-0.25, -0.2) is 0 Å². The number of benzene rings is 1. The molecular weight excluding hydrogens is 262 g/mol. The van der Waals surface area contributed by atoms with E-state index in [1.165, 1.54) is 5.56 Å². The second-order valence-electron chi connectivity index (χ2n) is 5.27. The van der Waals surface area contributed by atoms with Gasteiger partial charge in [-0.1, -0.05) is 23.8 Å². The molecule has 0 aliphatic rings. The van der Waals surface area contributed by atoms with Crippen molar-refractivity contribution in [2.75, 3.05) is 11.9 Å². The number of nitrogens with one attached hydrogen (secondary N) is 2. The van der Waals surface area contributed by atoms with E-state index in [-0.39, 0.29) is 12.5 Å². The molecule has 1 aromatic carbocycles. The van der Waals surface area contributed by atoms with Crippen LogP contribution in [0.3, 0.4) is 0 Å². The minimum atomic E-state index is -0.0294. The Morgan fingerprint density at radius 3 is 2.52 bits per heavy atom. The monoisotopic (exact) mass is 283 g/mol. The first-order valence-corrected chi connectivity index (χ1v) is 7.03. The zero-order valence-electron chi connectivity index (χ0n) is 12.7. The smallest absolute Gasteiger partial charge is 0.239 e. The van der Waals surface area contributed by atoms with Crippen molar-refractivity contribution in [3.05, 3.63) is 58.9 Å². The molecule has 2 rings (SSSR count). The number of anilines is 1. The number of aromatic nitrogens is 1. The molecular formula is C17H21N3O. The third-order valence-corrected chi connectivity index (χ3v) is 3.32. The third kappa shape index (κ3) is 4.31. The largest absolute Gasteiger partial charge is 0.376 e. The van der Waals surface area contributed by atoms with Crippen LogP contribution < -0.4 is 10.6 Å². The Hall–Kier alpha value is -2.36. The molecule has 1 heterocycles. The van der Waals surface area contributed by atoms with Gasteiger partial charge in [-0.3, -0.25) is 9.78 Å². The minimum Gasteiger partial charge on any atom is -0.376 e. The third-order valence-electron chi connectivity index (χ3n) is 3.32. The number of hydrogen-bond acceptors (Lipinski definition) is 3. The quantitative estimate of drug-likeness (QED) is 0.887. The Kier molecular flexibility index (Phi) is 4.93. The molecule has 0 saturated heterocycles. The summed E-state index contributed by atoms with van der Waals surface area (Å²) in [7, 11) is 0. The fraction of sp³-hybridized carbons (Fsp3) is 0.294. The van der Waals surface area contributed by atoms with Crippen LogP contribution in [0.4, 0.5) is 5.69 Å². The zero-order valence-corrected chi connectivity index (χ0v) is 12.7. The van der Waals surface area contributed by atoms with Crippen LogP contribution in [-0.4, -0.2) is 17.4 Å². The summed E-state index contributed by atoms with van der Waals surface area (Å²) in [4.78, 5) is 15.9. The molecule has 0 radical (unpaired) electrons.